The molecule has 3 aromatic rings. The minimum Gasteiger partial charge on any atom is -0.481 e. The Morgan fingerprint density at radius 1 is 1.09 bits per heavy atom. The molecule has 0 radical (unpaired) electrons. The molecule has 0 heterocycles. The molecule has 0 amide bonds. The summed E-state index contributed by atoms with van der Waals surface area (Å²) in [5.41, 5.74) is 6.02. The molecule has 5 nitrogen and oxygen atoms in total. The maximum atomic E-state index is 13.9. The van der Waals surface area contributed by atoms with Gasteiger partial charge in [0.1, 0.15) is 12.4 Å². The van der Waals surface area contributed by atoms with Crippen molar-refractivity contribution in [3.05, 3.63) is 100 Å². The number of nitrogens with zero attached hydrogens (tertiary/aromatic N) is 1. The number of carbonyl (C=O) groups is 1. The van der Waals surface area contributed by atoms with E-state index in [-0.39, 0.29) is 17.5 Å². The molecule has 2 N–H and O–H groups in total. The second kappa shape index (κ2) is 13.1. The fraction of sp³-hybridized carbons (Fsp3) is 0.286. The van der Waals surface area contributed by atoms with Crippen molar-refractivity contribution in [3.8, 4) is 0 Å². The molecule has 0 fully saturated rings. The lowest BCUT2D eigenvalue weighted by molar-refractivity contribution is -0.136. The van der Waals surface area contributed by atoms with Gasteiger partial charge in [-0.1, -0.05) is 47.6 Å². The number of oxime groups is 1. The van der Waals surface area contributed by atoms with E-state index in [1.54, 1.807) is 23.9 Å². The van der Waals surface area contributed by atoms with Crippen molar-refractivity contribution in [2.75, 3.05) is 13.2 Å². The predicted molar refractivity (Wildman–Crippen MR) is 139 cm³/mol. The zero-order chi connectivity index (χ0) is 25.2. The van der Waals surface area contributed by atoms with E-state index >= 15 is 0 Å². The van der Waals surface area contributed by atoms with E-state index in [1.165, 1.54) is 17.2 Å². The van der Waals surface area contributed by atoms with Crippen molar-refractivity contribution < 1.29 is 19.1 Å². The number of hydrogen-bond donors (Lipinski definition) is 2. The zero-order valence-corrected chi connectivity index (χ0v) is 21.1. The summed E-state index contributed by atoms with van der Waals surface area (Å²) in [5, 5.41) is 16.0. The third-order valence-electron chi connectivity index (χ3n) is 5.62. The van der Waals surface area contributed by atoms with Gasteiger partial charge >= 0.3 is 5.97 Å². The van der Waals surface area contributed by atoms with Crippen LogP contribution in [0.4, 0.5) is 4.39 Å². The maximum Gasteiger partial charge on any atom is 0.304 e. The minimum atomic E-state index is -0.813. The van der Waals surface area contributed by atoms with Crippen LogP contribution in [0, 0.1) is 19.7 Å². The Balaban J connectivity index is 1.63. The van der Waals surface area contributed by atoms with Gasteiger partial charge in [-0.3, -0.25) is 4.79 Å². The highest BCUT2D eigenvalue weighted by atomic mass is 32.2. The normalized spacial score (nSPS) is 12.4. The molecule has 3 aromatic carbocycles. The number of carboxylic acids is 1. The molecule has 35 heavy (non-hydrogen) atoms. The average molecular weight is 495 g/mol. The van der Waals surface area contributed by atoms with Crippen LogP contribution in [0.15, 0.2) is 76.8 Å². The fourth-order valence-corrected chi connectivity index (χ4v) is 4.53. The number of aliphatic carboxylic acids is 1. The zero-order valence-electron chi connectivity index (χ0n) is 20.3. The number of thioether (sulfide) groups is 1. The largest absolute Gasteiger partial charge is 0.481 e. The number of aryl methyl sites for hydroxylation is 2. The smallest absolute Gasteiger partial charge is 0.304 e. The molecule has 0 aliphatic carbocycles. The van der Waals surface area contributed by atoms with E-state index in [1.807, 2.05) is 37.3 Å². The summed E-state index contributed by atoms with van der Waals surface area (Å²) in [7, 11) is 0. The van der Waals surface area contributed by atoms with Crippen LogP contribution in [0.5, 0.6) is 0 Å². The van der Waals surface area contributed by atoms with Crippen LogP contribution < -0.4 is 5.32 Å². The molecule has 0 spiro atoms. The molecular formula is C28H31FN2O3S. The number of halogens is 1. The summed E-state index contributed by atoms with van der Waals surface area (Å²) < 4.78 is 13.9. The molecule has 0 aliphatic heterocycles. The Morgan fingerprint density at radius 3 is 2.54 bits per heavy atom. The highest BCUT2D eigenvalue weighted by Gasteiger charge is 2.16. The molecule has 0 bridgehead atoms. The Labute approximate surface area is 210 Å². The first-order valence-corrected chi connectivity index (χ1v) is 12.4. The van der Waals surface area contributed by atoms with E-state index in [4.69, 9.17) is 9.94 Å². The number of carboxylic acid groups (broad SMARTS) is 1. The van der Waals surface area contributed by atoms with E-state index < -0.39 is 5.97 Å². The average Bonchev–Trinajstić information content (AvgIpc) is 2.83. The van der Waals surface area contributed by atoms with Gasteiger partial charge in [-0.05, 0) is 72.9 Å². The van der Waals surface area contributed by atoms with Crippen molar-refractivity contribution in [3.63, 3.8) is 0 Å². The molecular weight excluding hydrogens is 463 g/mol. The number of nitrogens with one attached hydrogen (secondary N) is 1. The minimum absolute atomic E-state index is 0.0968. The Hall–Kier alpha value is -3.16. The summed E-state index contributed by atoms with van der Waals surface area (Å²) >= 11 is 1.63. The highest BCUT2D eigenvalue weighted by molar-refractivity contribution is 7.99. The van der Waals surface area contributed by atoms with Crippen molar-refractivity contribution in [1.29, 1.82) is 0 Å². The van der Waals surface area contributed by atoms with Crippen LogP contribution in [0.2, 0.25) is 0 Å². The summed E-state index contributed by atoms with van der Waals surface area (Å²) in [6.45, 7) is 7.37. The number of benzene rings is 3. The lowest BCUT2D eigenvalue weighted by Gasteiger charge is -2.17. The standard InChI is InChI=1S/C28H31FN2O3S/c1-19-7-12-26(15-20(19)2)35-27(24-5-4-6-25(29)16-24)18-34-31-21(3)23-10-8-22(9-11-23)17-30-14-13-28(32)33/h4-12,15-16,27,30H,13-14,17-18H2,1-3H3,(H,32,33)/b31-21+. The second-order valence-electron chi connectivity index (χ2n) is 8.40. The van der Waals surface area contributed by atoms with E-state index in [9.17, 15) is 9.18 Å². The Kier molecular flexibility index (Phi) is 9.87. The summed E-state index contributed by atoms with van der Waals surface area (Å²) in [6, 6.07) is 20.8. The van der Waals surface area contributed by atoms with Crippen molar-refractivity contribution in [1.82, 2.24) is 5.32 Å². The first kappa shape index (κ1) is 26.4. The molecule has 0 saturated carbocycles. The fourth-order valence-electron chi connectivity index (χ4n) is 3.40. The molecule has 7 heteroatoms. The van der Waals surface area contributed by atoms with E-state index in [2.05, 4.69) is 42.5 Å². The first-order chi connectivity index (χ1) is 16.8. The maximum absolute atomic E-state index is 13.9. The van der Waals surface area contributed by atoms with Crippen molar-refractivity contribution in [2.24, 2.45) is 5.16 Å². The van der Waals surface area contributed by atoms with Crippen LogP contribution in [0.1, 0.15) is 46.4 Å². The molecule has 184 valence electrons. The summed E-state index contributed by atoms with van der Waals surface area (Å²) in [4.78, 5) is 17.4. The van der Waals surface area contributed by atoms with E-state index in [0.29, 0.717) is 19.7 Å². The monoisotopic (exact) mass is 494 g/mol. The molecule has 3 rings (SSSR count). The summed E-state index contributed by atoms with van der Waals surface area (Å²) in [5.74, 6) is -1.09. The third-order valence-corrected chi connectivity index (χ3v) is 6.84. The van der Waals surface area contributed by atoms with Gasteiger partial charge in [-0.2, -0.15) is 0 Å². The SMILES string of the molecule is C/C(=N\OCC(Sc1ccc(C)c(C)c1)c1cccc(F)c1)c1ccc(CNCCC(=O)O)cc1. The van der Waals surface area contributed by atoms with Crippen molar-refractivity contribution in [2.45, 2.75) is 43.9 Å². The van der Waals surface area contributed by atoms with Crippen LogP contribution in [-0.2, 0) is 16.2 Å². The number of hydrogen-bond acceptors (Lipinski definition) is 5. The third kappa shape index (κ3) is 8.53. The van der Waals surface area contributed by atoms with Gasteiger partial charge in [0, 0.05) is 18.0 Å². The summed E-state index contributed by atoms with van der Waals surface area (Å²) in [6.07, 6.45) is 0.0968. The van der Waals surface area contributed by atoms with Crippen molar-refractivity contribution >= 4 is 23.4 Å². The van der Waals surface area contributed by atoms with E-state index in [0.717, 1.165) is 27.3 Å². The van der Waals surface area contributed by atoms with Gasteiger partial charge in [0.2, 0.25) is 0 Å². The van der Waals surface area contributed by atoms with Gasteiger partial charge < -0.3 is 15.3 Å². The Bertz CT molecular complexity index is 1170. The van der Waals surface area contributed by atoms with Gasteiger partial charge in [0.25, 0.3) is 0 Å². The molecule has 1 unspecified atom stereocenters. The molecule has 0 saturated heterocycles. The first-order valence-electron chi connectivity index (χ1n) is 11.5. The lowest BCUT2D eigenvalue weighted by Crippen LogP contribution is -2.17. The second-order valence-corrected chi connectivity index (χ2v) is 9.67. The topological polar surface area (TPSA) is 70.9 Å². The van der Waals surface area contributed by atoms with Crippen LogP contribution in [0.25, 0.3) is 0 Å². The molecule has 0 aliphatic rings. The molecule has 1 atom stereocenters. The van der Waals surface area contributed by atoms with Gasteiger partial charge in [0.15, 0.2) is 0 Å². The van der Waals surface area contributed by atoms with Gasteiger partial charge in [0.05, 0.1) is 17.4 Å². The lowest BCUT2D eigenvalue weighted by atomic mass is 10.1. The van der Waals surface area contributed by atoms with Crippen LogP contribution >= 0.6 is 11.8 Å². The molecule has 0 aromatic heterocycles. The van der Waals surface area contributed by atoms with Gasteiger partial charge in [-0.25, -0.2) is 4.39 Å². The van der Waals surface area contributed by atoms with Gasteiger partial charge in [-0.15, -0.1) is 11.8 Å². The number of rotatable bonds is 12. The quantitative estimate of drug-likeness (QED) is 0.134. The highest BCUT2D eigenvalue weighted by Crippen LogP contribution is 2.36. The van der Waals surface area contributed by atoms with Crippen LogP contribution in [0.3, 0.4) is 0 Å². The Morgan fingerprint density at radius 2 is 1.86 bits per heavy atom. The van der Waals surface area contributed by atoms with Crippen LogP contribution in [-0.4, -0.2) is 29.9 Å². The predicted octanol–water partition coefficient (Wildman–Crippen LogP) is 6.28.